The normalized spacial score (nSPS) is 11.9. The molecule has 1 aromatic rings. The van der Waals surface area contributed by atoms with Crippen molar-refractivity contribution in [2.75, 3.05) is 7.11 Å². The number of methoxy groups -OCH3 is 1. The van der Waals surface area contributed by atoms with Crippen LogP contribution in [0.4, 0.5) is 0 Å². The summed E-state index contributed by atoms with van der Waals surface area (Å²) in [5, 5.41) is 18.2. The summed E-state index contributed by atoms with van der Waals surface area (Å²) < 4.78 is 4.51. The van der Waals surface area contributed by atoms with Crippen LogP contribution < -0.4 is 0 Å². The average Bonchev–Trinajstić information content (AvgIpc) is 2.35. The number of aryl methyl sites for hydroxylation is 1. The van der Waals surface area contributed by atoms with Crippen LogP contribution in [0, 0.1) is 0 Å². The molecule has 1 unspecified atom stereocenters. The van der Waals surface area contributed by atoms with Crippen LogP contribution in [0.25, 0.3) is 0 Å². The molecule has 98 valence electrons. The van der Waals surface area contributed by atoms with Crippen LogP contribution in [-0.4, -0.2) is 29.3 Å². The highest BCUT2D eigenvalue weighted by atomic mass is 35.5. The highest BCUT2D eigenvalue weighted by molar-refractivity contribution is 6.31. The van der Waals surface area contributed by atoms with Crippen molar-refractivity contribution in [3.63, 3.8) is 0 Å². The Balaban J connectivity index is 2.79. The first-order valence-corrected chi connectivity index (χ1v) is 5.59. The predicted molar refractivity (Wildman–Crippen MR) is 64.4 cm³/mol. The molecule has 0 fully saturated rings. The maximum atomic E-state index is 11.0. The first-order chi connectivity index (χ1) is 8.45. The minimum absolute atomic E-state index is 0.131. The lowest BCUT2D eigenvalue weighted by Gasteiger charge is -2.09. The van der Waals surface area contributed by atoms with Gasteiger partial charge in [-0.05, 0) is 18.1 Å². The van der Waals surface area contributed by atoms with Gasteiger partial charge in [-0.15, -0.1) is 0 Å². The molecule has 18 heavy (non-hydrogen) atoms. The number of aliphatic hydroxyl groups excluding tert-OH is 1. The molecule has 0 bridgehead atoms. The molecule has 0 radical (unpaired) electrons. The van der Waals surface area contributed by atoms with E-state index in [0.29, 0.717) is 6.42 Å². The summed E-state index contributed by atoms with van der Waals surface area (Å²) in [5.74, 6) is -1.69. The van der Waals surface area contributed by atoms with E-state index in [2.05, 4.69) is 4.74 Å². The van der Waals surface area contributed by atoms with E-state index in [0.717, 1.165) is 5.56 Å². The summed E-state index contributed by atoms with van der Waals surface area (Å²) in [5.41, 5.74) is 0.901. The van der Waals surface area contributed by atoms with Gasteiger partial charge in [-0.2, -0.15) is 0 Å². The molecule has 0 saturated carbocycles. The largest absolute Gasteiger partial charge is 0.479 e. The molecule has 1 atom stereocenters. The van der Waals surface area contributed by atoms with Gasteiger partial charge in [0.25, 0.3) is 0 Å². The summed E-state index contributed by atoms with van der Waals surface area (Å²) in [6, 6.07) is 4.59. The molecular formula is C12H13ClO5. The van der Waals surface area contributed by atoms with Gasteiger partial charge in [-0.1, -0.05) is 23.7 Å². The zero-order valence-electron chi connectivity index (χ0n) is 9.72. The molecule has 0 aromatic heterocycles. The number of hydrogen-bond acceptors (Lipinski definition) is 4. The lowest BCUT2D eigenvalue weighted by molar-refractivity contribution is -0.147. The van der Waals surface area contributed by atoms with Crippen molar-refractivity contribution in [3.05, 3.63) is 34.3 Å². The second-order valence-electron chi connectivity index (χ2n) is 3.67. The van der Waals surface area contributed by atoms with Crippen molar-refractivity contribution in [2.24, 2.45) is 0 Å². The van der Waals surface area contributed by atoms with E-state index in [4.69, 9.17) is 16.7 Å². The third-order valence-corrected chi connectivity index (χ3v) is 2.77. The highest BCUT2D eigenvalue weighted by Gasteiger charge is 2.19. The number of esters is 1. The smallest absolute Gasteiger partial charge is 0.337 e. The molecule has 6 heteroatoms. The average molecular weight is 273 g/mol. The number of carboxylic acid groups (broad SMARTS) is 1. The number of ether oxygens (including phenoxy) is 1. The predicted octanol–water partition coefficient (Wildman–Crippen LogP) is 1.56. The van der Waals surface area contributed by atoms with Gasteiger partial charge in [0, 0.05) is 17.0 Å². The standard InChI is InChI=1S/C12H13ClO5/c1-18-10(14)5-3-7-2-4-8(9(13)6-7)11(15)12(16)17/h2,4,6,11,15H,3,5H2,1H3,(H,16,17). The van der Waals surface area contributed by atoms with Gasteiger partial charge in [0.2, 0.25) is 0 Å². The minimum atomic E-state index is -1.65. The Morgan fingerprint density at radius 2 is 2.11 bits per heavy atom. The van der Waals surface area contributed by atoms with E-state index >= 15 is 0 Å². The van der Waals surface area contributed by atoms with Crippen LogP contribution in [0.5, 0.6) is 0 Å². The Morgan fingerprint density at radius 1 is 1.44 bits per heavy atom. The summed E-state index contributed by atoms with van der Waals surface area (Å²) in [7, 11) is 1.31. The fourth-order valence-electron chi connectivity index (χ4n) is 1.43. The zero-order chi connectivity index (χ0) is 13.7. The molecule has 5 nitrogen and oxygen atoms in total. The molecule has 0 spiro atoms. The second-order valence-corrected chi connectivity index (χ2v) is 4.08. The fourth-order valence-corrected chi connectivity index (χ4v) is 1.74. The first kappa shape index (κ1) is 14.5. The number of hydrogen-bond donors (Lipinski definition) is 2. The van der Waals surface area contributed by atoms with Crippen LogP contribution in [-0.2, 0) is 20.7 Å². The van der Waals surface area contributed by atoms with E-state index in [1.165, 1.54) is 19.2 Å². The summed E-state index contributed by atoms with van der Waals surface area (Å²) in [6.07, 6.45) is -0.990. The molecule has 2 N–H and O–H groups in total. The molecule has 0 aliphatic heterocycles. The molecular weight excluding hydrogens is 260 g/mol. The Morgan fingerprint density at radius 3 is 2.61 bits per heavy atom. The Labute approximate surface area is 109 Å². The fraction of sp³-hybridized carbons (Fsp3) is 0.333. The van der Waals surface area contributed by atoms with Gasteiger partial charge in [0.1, 0.15) is 0 Å². The van der Waals surface area contributed by atoms with Crippen LogP contribution in [0.2, 0.25) is 5.02 Å². The van der Waals surface area contributed by atoms with Crippen molar-refractivity contribution < 1.29 is 24.5 Å². The van der Waals surface area contributed by atoms with Crippen LogP contribution in [0.3, 0.4) is 0 Å². The van der Waals surface area contributed by atoms with Crippen molar-refractivity contribution in [1.29, 1.82) is 0 Å². The Hall–Kier alpha value is -1.59. The highest BCUT2D eigenvalue weighted by Crippen LogP contribution is 2.25. The first-order valence-electron chi connectivity index (χ1n) is 5.21. The van der Waals surface area contributed by atoms with Gasteiger partial charge in [0.05, 0.1) is 7.11 Å². The van der Waals surface area contributed by atoms with Crippen LogP contribution in [0.1, 0.15) is 23.7 Å². The van der Waals surface area contributed by atoms with Crippen LogP contribution >= 0.6 is 11.6 Å². The van der Waals surface area contributed by atoms with E-state index in [1.54, 1.807) is 6.07 Å². The number of carbonyl (C=O) groups excluding carboxylic acids is 1. The minimum Gasteiger partial charge on any atom is -0.479 e. The SMILES string of the molecule is COC(=O)CCc1ccc(C(O)C(=O)O)c(Cl)c1. The number of aliphatic hydroxyl groups is 1. The molecule has 1 rings (SSSR count). The maximum Gasteiger partial charge on any atom is 0.337 e. The lowest BCUT2D eigenvalue weighted by Crippen LogP contribution is -2.11. The number of carbonyl (C=O) groups is 2. The van der Waals surface area contributed by atoms with E-state index in [-0.39, 0.29) is 23.0 Å². The molecule has 0 saturated heterocycles. The van der Waals surface area contributed by atoms with E-state index in [9.17, 15) is 14.7 Å². The molecule has 0 aliphatic carbocycles. The quantitative estimate of drug-likeness (QED) is 0.795. The topological polar surface area (TPSA) is 83.8 Å². The molecule has 0 amide bonds. The van der Waals surface area contributed by atoms with Gasteiger partial charge >= 0.3 is 11.9 Å². The lowest BCUT2D eigenvalue weighted by atomic mass is 10.0. The third kappa shape index (κ3) is 3.72. The molecule has 0 aliphatic rings. The maximum absolute atomic E-state index is 11.0. The van der Waals surface area contributed by atoms with Crippen molar-refractivity contribution in [1.82, 2.24) is 0 Å². The number of rotatable bonds is 5. The third-order valence-electron chi connectivity index (χ3n) is 2.44. The number of benzene rings is 1. The number of aliphatic carboxylic acids is 1. The summed E-state index contributed by atoms with van der Waals surface area (Å²) >= 11 is 5.88. The van der Waals surface area contributed by atoms with Gasteiger partial charge in [-0.25, -0.2) is 4.79 Å². The van der Waals surface area contributed by atoms with Crippen LogP contribution in [0.15, 0.2) is 18.2 Å². The van der Waals surface area contributed by atoms with Gasteiger partial charge < -0.3 is 14.9 Å². The van der Waals surface area contributed by atoms with E-state index in [1.807, 2.05) is 0 Å². The molecule has 0 heterocycles. The Bertz CT molecular complexity index is 458. The van der Waals surface area contributed by atoms with Crippen molar-refractivity contribution in [2.45, 2.75) is 18.9 Å². The zero-order valence-corrected chi connectivity index (χ0v) is 10.5. The van der Waals surface area contributed by atoms with Crippen molar-refractivity contribution in [3.8, 4) is 0 Å². The number of carboxylic acids is 1. The second kappa shape index (κ2) is 6.37. The summed E-state index contributed by atoms with van der Waals surface area (Å²) in [4.78, 5) is 21.6. The summed E-state index contributed by atoms with van der Waals surface area (Å²) in [6.45, 7) is 0. The van der Waals surface area contributed by atoms with Gasteiger partial charge in [0.15, 0.2) is 6.10 Å². The van der Waals surface area contributed by atoms with E-state index < -0.39 is 12.1 Å². The van der Waals surface area contributed by atoms with Crippen molar-refractivity contribution >= 4 is 23.5 Å². The van der Waals surface area contributed by atoms with Gasteiger partial charge in [-0.3, -0.25) is 4.79 Å². The Kier molecular flexibility index (Phi) is 5.12. The number of halogens is 1. The monoisotopic (exact) mass is 272 g/mol. The molecule has 1 aromatic carbocycles.